The zero-order chi connectivity index (χ0) is 20.5. The molecule has 0 aromatic heterocycles. The Bertz CT molecular complexity index is 824. The quantitative estimate of drug-likeness (QED) is 0.784. The van der Waals surface area contributed by atoms with Gasteiger partial charge in [0, 0.05) is 6.54 Å². The van der Waals surface area contributed by atoms with Crippen LogP contribution in [-0.2, 0) is 16.0 Å². The number of ether oxygens (including phenoxy) is 3. The highest BCUT2D eigenvalue weighted by molar-refractivity contribution is 5.90. The lowest BCUT2D eigenvalue weighted by Gasteiger charge is -2.28. The van der Waals surface area contributed by atoms with Crippen molar-refractivity contribution < 1.29 is 23.8 Å². The Hall–Kier alpha value is -2.95. The lowest BCUT2D eigenvalue weighted by molar-refractivity contribution is 0.0175. The average molecular weight is 387 g/mol. The van der Waals surface area contributed by atoms with Gasteiger partial charge in [0.2, 0.25) is 0 Å². The van der Waals surface area contributed by atoms with Crippen LogP contribution in [0.5, 0.6) is 5.75 Å². The van der Waals surface area contributed by atoms with Gasteiger partial charge in [0.1, 0.15) is 11.4 Å². The van der Waals surface area contributed by atoms with E-state index in [1.165, 1.54) is 12.0 Å². The van der Waals surface area contributed by atoms with Crippen LogP contribution in [0.4, 0.5) is 15.3 Å². The van der Waals surface area contributed by atoms with Gasteiger partial charge in [-0.15, -0.1) is 0 Å². The third-order valence-corrected chi connectivity index (χ3v) is 4.69. The van der Waals surface area contributed by atoms with Gasteiger partial charge in [-0.1, -0.05) is 0 Å². The van der Waals surface area contributed by atoms with E-state index in [0.29, 0.717) is 31.1 Å². The normalized spacial score (nSPS) is 19.0. The molecule has 2 aliphatic rings. The SMILES string of the molecule is COc1cc2c(cc1N1CCCOC1=O)CN(C(=O)OC(C)(C)C)[C@@H]2CC#N. The molecule has 0 radical (unpaired) electrons. The first-order valence-electron chi connectivity index (χ1n) is 9.27. The van der Waals surface area contributed by atoms with E-state index in [9.17, 15) is 14.9 Å². The number of benzene rings is 1. The Kier molecular flexibility index (Phi) is 5.36. The molecule has 1 aromatic carbocycles. The third-order valence-electron chi connectivity index (χ3n) is 4.69. The van der Waals surface area contributed by atoms with Crippen molar-refractivity contribution in [2.45, 2.75) is 51.8 Å². The van der Waals surface area contributed by atoms with Crippen molar-refractivity contribution in [2.75, 3.05) is 25.2 Å². The monoisotopic (exact) mass is 387 g/mol. The molecule has 1 saturated heterocycles. The minimum atomic E-state index is -0.635. The number of hydrogen-bond acceptors (Lipinski definition) is 6. The summed E-state index contributed by atoms with van der Waals surface area (Å²) in [6, 6.07) is 5.37. The van der Waals surface area contributed by atoms with E-state index in [2.05, 4.69) is 6.07 Å². The van der Waals surface area contributed by atoms with Gasteiger partial charge < -0.3 is 14.2 Å². The van der Waals surface area contributed by atoms with Gasteiger partial charge in [0.25, 0.3) is 0 Å². The highest BCUT2D eigenvalue weighted by Crippen LogP contribution is 2.43. The number of amides is 2. The second-order valence-electron chi connectivity index (χ2n) is 7.83. The van der Waals surface area contributed by atoms with Crippen LogP contribution in [0.15, 0.2) is 12.1 Å². The highest BCUT2D eigenvalue weighted by atomic mass is 16.6. The molecule has 3 rings (SSSR count). The van der Waals surface area contributed by atoms with Crippen LogP contribution >= 0.6 is 0 Å². The van der Waals surface area contributed by atoms with E-state index in [1.807, 2.05) is 6.07 Å². The van der Waals surface area contributed by atoms with Gasteiger partial charge in [-0.05, 0) is 50.5 Å². The third kappa shape index (κ3) is 3.84. The predicted molar refractivity (Wildman–Crippen MR) is 101 cm³/mol. The van der Waals surface area contributed by atoms with Gasteiger partial charge in [0.05, 0.1) is 44.5 Å². The summed E-state index contributed by atoms with van der Waals surface area (Å²) in [6.45, 7) is 6.64. The van der Waals surface area contributed by atoms with Gasteiger partial charge >= 0.3 is 12.2 Å². The summed E-state index contributed by atoms with van der Waals surface area (Å²) < 4.78 is 16.2. The molecule has 0 N–H and O–H groups in total. The molecule has 2 heterocycles. The number of rotatable bonds is 3. The van der Waals surface area contributed by atoms with Crippen LogP contribution in [0.25, 0.3) is 0 Å². The molecule has 1 atom stereocenters. The van der Waals surface area contributed by atoms with Crippen LogP contribution in [0.3, 0.4) is 0 Å². The molecule has 2 aliphatic heterocycles. The smallest absolute Gasteiger partial charge is 0.414 e. The van der Waals surface area contributed by atoms with E-state index in [1.54, 1.807) is 31.7 Å². The standard InChI is InChI=1S/C20H25N3O5/c1-20(2,3)28-19(25)23-12-13-10-16(22-8-5-9-27-18(22)24)17(26-4)11-14(13)15(23)6-7-21/h10-11,15H,5-6,8-9,12H2,1-4H3/t15-/m1/s1. The molecule has 8 nitrogen and oxygen atoms in total. The number of methoxy groups -OCH3 is 1. The second kappa shape index (κ2) is 7.58. The van der Waals surface area contributed by atoms with Crippen LogP contribution in [0.2, 0.25) is 0 Å². The molecule has 0 bridgehead atoms. The predicted octanol–water partition coefficient (Wildman–Crippen LogP) is 3.75. The molecule has 150 valence electrons. The molecule has 2 amide bonds. The fraction of sp³-hybridized carbons (Fsp3) is 0.550. The summed E-state index contributed by atoms with van der Waals surface area (Å²) in [4.78, 5) is 28.0. The van der Waals surface area contributed by atoms with Crippen molar-refractivity contribution in [1.82, 2.24) is 4.90 Å². The molecule has 28 heavy (non-hydrogen) atoms. The number of nitrogens with zero attached hydrogens (tertiary/aromatic N) is 3. The van der Waals surface area contributed by atoms with Crippen LogP contribution in [0.1, 0.15) is 50.8 Å². The lowest BCUT2D eigenvalue weighted by Crippen LogP contribution is -2.38. The summed E-state index contributed by atoms with van der Waals surface area (Å²) >= 11 is 0. The number of anilines is 1. The molecular weight excluding hydrogens is 362 g/mol. The van der Waals surface area contributed by atoms with E-state index < -0.39 is 23.8 Å². The zero-order valence-electron chi connectivity index (χ0n) is 16.7. The maximum absolute atomic E-state index is 12.7. The first-order chi connectivity index (χ1) is 13.2. The first kappa shape index (κ1) is 19.8. The fourth-order valence-electron chi connectivity index (χ4n) is 3.50. The zero-order valence-corrected chi connectivity index (χ0v) is 16.7. The van der Waals surface area contributed by atoms with E-state index >= 15 is 0 Å². The van der Waals surface area contributed by atoms with Crippen molar-refractivity contribution in [2.24, 2.45) is 0 Å². The number of carbonyl (C=O) groups is 2. The molecule has 0 saturated carbocycles. The van der Waals surface area contributed by atoms with Crippen molar-refractivity contribution in [3.63, 3.8) is 0 Å². The maximum Gasteiger partial charge on any atom is 0.414 e. The Morgan fingerprint density at radius 1 is 1.39 bits per heavy atom. The number of nitriles is 1. The molecule has 8 heteroatoms. The summed E-state index contributed by atoms with van der Waals surface area (Å²) in [5.41, 5.74) is 1.66. The van der Waals surface area contributed by atoms with Gasteiger partial charge in [-0.25, -0.2) is 9.59 Å². The number of carbonyl (C=O) groups excluding carboxylic acids is 2. The Balaban J connectivity index is 1.98. The molecule has 0 unspecified atom stereocenters. The topological polar surface area (TPSA) is 92.1 Å². The number of cyclic esters (lactones) is 1. The fourth-order valence-corrected chi connectivity index (χ4v) is 3.50. The summed E-state index contributed by atoms with van der Waals surface area (Å²) in [5.74, 6) is 0.506. The Morgan fingerprint density at radius 2 is 2.14 bits per heavy atom. The van der Waals surface area contributed by atoms with Gasteiger partial charge in [0.15, 0.2) is 0 Å². The number of hydrogen-bond donors (Lipinski definition) is 0. The molecule has 1 aromatic rings. The Labute approximate surface area is 164 Å². The molecular formula is C20H25N3O5. The molecule has 1 fully saturated rings. The maximum atomic E-state index is 12.7. The van der Waals surface area contributed by atoms with E-state index in [0.717, 1.165) is 17.5 Å². The van der Waals surface area contributed by atoms with Gasteiger partial charge in [-0.3, -0.25) is 9.80 Å². The van der Waals surface area contributed by atoms with Crippen LogP contribution in [0, 0.1) is 11.3 Å². The van der Waals surface area contributed by atoms with E-state index in [4.69, 9.17) is 14.2 Å². The van der Waals surface area contributed by atoms with Crippen molar-refractivity contribution >= 4 is 17.9 Å². The lowest BCUT2D eigenvalue weighted by atomic mass is 10.0. The van der Waals surface area contributed by atoms with E-state index in [-0.39, 0.29) is 6.42 Å². The first-order valence-corrected chi connectivity index (χ1v) is 9.27. The summed E-state index contributed by atoms with van der Waals surface area (Å²) in [5, 5.41) is 9.27. The average Bonchev–Trinajstić information content (AvgIpc) is 2.98. The van der Waals surface area contributed by atoms with Crippen molar-refractivity contribution in [1.29, 1.82) is 5.26 Å². The minimum Gasteiger partial charge on any atom is -0.495 e. The van der Waals surface area contributed by atoms with Crippen molar-refractivity contribution in [3.8, 4) is 11.8 Å². The Morgan fingerprint density at radius 3 is 2.75 bits per heavy atom. The molecule has 0 aliphatic carbocycles. The van der Waals surface area contributed by atoms with Gasteiger partial charge in [-0.2, -0.15) is 5.26 Å². The van der Waals surface area contributed by atoms with Crippen LogP contribution < -0.4 is 9.64 Å². The second-order valence-corrected chi connectivity index (χ2v) is 7.83. The minimum absolute atomic E-state index is 0.139. The summed E-state index contributed by atoms with van der Waals surface area (Å²) in [6.07, 6.45) is -0.0185. The van der Waals surface area contributed by atoms with Crippen LogP contribution in [-0.4, -0.2) is 42.9 Å². The highest BCUT2D eigenvalue weighted by Gasteiger charge is 2.38. The molecule has 0 spiro atoms. The summed E-state index contributed by atoms with van der Waals surface area (Å²) in [7, 11) is 1.53. The van der Waals surface area contributed by atoms with Crippen molar-refractivity contribution in [3.05, 3.63) is 23.3 Å². The largest absolute Gasteiger partial charge is 0.495 e. The number of fused-ring (bicyclic) bond motifs is 1.